The lowest BCUT2D eigenvalue weighted by Gasteiger charge is -2.43. The summed E-state index contributed by atoms with van der Waals surface area (Å²) in [6, 6.07) is 1.99. The molecule has 1 aliphatic heterocycles. The number of nitrogens with zero attached hydrogens (tertiary/aromatic N) is 2. The minimum Gasteiger partial charge on any atom is -0.328 e. The number of piperazine rings is 1. The second-order valence-electron chi connectivity index (χ2n) is 5.91. The van der Waals surface area contributed by atoms with Gasteiger partial charge in [0.05, 0.1) is 0 Å². The third-order valence-corrected chi connectivity index (χ3v) is 4.77. The molecule has 2 N–H and O–H groups in total. The maximum atomic E-state index is 6.09. The first-order valence-electron chi connectivity index (χ1n) is 7.44. The van der Waals surface area contributed by atoms with Gasteiger partial charge in [-0.1, -0.05) is 13.3 Å². The number of hydrogen-bond donors (Lipinski definition) is 1. The van der Waals surface area contributed by atoms with E-state index in [1.807, 2.05) is 0 Å². The summed E-state index contributed by atoms with van der Waals surface area (Å²) >= 11 is 0. The van der Waals surface area contributed by atoms with E-state index in [1.165, 1.54) is 58.3 Å². The van der Waals surface area contributed by atoms with Crippen molar-refractivity contribution in [1.82, 2.24) is 9.80 Å². The Morgan fingerprint density at radius 3 is 2.47 bits per heavy atom. The van der Waals surface area contributed by atoms with E-state index in [-0.39, 0.29) is 0 Å². The highest BCUT2D eigenvalue weighted by Crippen LogP contribution is 2.23. The molecule has 1 aliphatic carbocycles. The highest BCUT2D eigenvalue weighted by Gasteiger charge is 2.28. The highest BCUT2D eigenvalue weighted by molar-refractivity contribution is 4.85. The molecule has 100 valence electrons. The Bertz CT molecular complexity index is 224. The lowest BCUT2D eigenvalue weighted by atomic mass is 9.90. The lowest BCUT2D eigenvalue weighted by Crippen LogP contribution is -2.54. The molecule has 0 aromatic carbocycles. The molecule has 1 heterocycles. The minimum atomic E-state index is 0.460. The van der Waals surface area contributed by atoms with E-state index in [0.717, 1.165) is 12.1 Å². The van der Waals surface area contributed by atoms with Gasteiger partial charge in [-0.3, -0.25) is 9.80 Å². The quantitative estimate of drug-likeness (QED) is 0.813. The van der Waals surface area contributed by atoms with Gasteiger partial charge in [-0.2, -0.15) is 0 Å². The molecule has 1 saturated heterocycles. The summed E-state index contributed by atoms with van der Waals surface area (Å²) in [6.07, 6.45) is 6.44. The van der Waals surface area contributed by atoms with Crippen LogP contribution in [-0.2, 0) is 0 Å². The van der Waals surface area contributed by atoms with Gasteiger partial charge in [0.15, 0.2) is 0 Å². The zero-order valence-corrected chi connectivity index (χ0v) is 11.6. The van der Waals surface area contributed by atoms with Crippen molar-refractivity contribution in [3.05, 3.63) is 0 Å². The molecular formula is C14H29N3. The van der Waals surface area contributed by atoms with Crippen molar-refractivity contribution in [3.63, 3.8) is 0 Å². The zero-order valence-electron chi connectivity index (χ0n) is 11.6. The Hall–Kier alpha value is -0.120. The fourth-order valence-corrected chi connectivity index (χ4v) is 3.33. The van der Waals surface area contributed by atoms with E-state index in [4.69, 9.17) is 5.73 Å². The van der Waals surface area contributed by atoms with Gasteiger partial charge < -0.3 is 5.73 Å². The predicted octanol–water partition coefficient (Wildman–Crippen LogP) is 1.67. The van der Waals surface area contributed by atoms with Crippen LogP contribution in [0.25, 0.3) is 0 Å². The van der Waals surface area contributed by atoms with Crippen LogP contribution in [-0.4, -0.2) is 54.1 Å². The van der Waals surface area contributed by atoms with Crippen molar-refractivity contribution in [3.8, 4) is 0 Å². The third kappa shape index (κ3) is 3.43. The Morgan fingerprint density at radius 1 is 1.18 bits per heavy atom. The van der Waals surface area contributed by atoms with E-state index in [9.17, 15) is 0 Å². The Labute approximate surface area is 106 Å². The standard InChI is InChI=1S/C14H29N3/c1-3-12(2)16-7-9-17(10-8-16)14-6-4-5-13(15)11-14/h12-14H,3-11,15H2,1-2H3. The van der Waals surface area contributed by atoms with Crippen LogP contribution in [0.2, 0.25) is 0 Å². The normalized spacial score (nSPS) is 34.8. The molecule has 3 atom stereocenters. The van der Waals surface area contributed by atoms with E-state index in [0.29, 0.717) is 6.04 Å². The van der Waals surface area contributed by atoms with E-state index in [2.05, 4.69) is 23.6 Å². The summed E-state index contributed by atoms with van der Waals surface area (Å²) in [7, 11) is 0. The van der Waals surface area contributed by atoms with Crippen LogP contribution in [0.3, 0.4) is 0 Å². The molecule has 3 unspecified atom stereocenters. The van der Waals surface area contributed by atoms with Gasteiger partial charge >= 0.3 is 0 Å². The molecule has 2 aliphatic rings. The lowest BCUT2D eigenvalue weighted by molar-refractivity contribution is 0.0567. The molecule has 0 aromatic heterocycles. The average Bonchev–Trinajstić information content (AvgIpc) is 2.38. The topological polar surface area (TPSA) is 32.5 Å². The maximum Gasteiger partial charge on any atom is 0.0113 e. The van der Waals surface area contributed by atoms with Gasteiger partial charge in [0.1, 0.15) is 0 Å². The van der Waals surface area contributed by atoms with Gasteiger partial charge in [0, 0.05) is 44.3 Å². The first-order valence-corrected chi connectivity index (χ1v) is 7.44. The summed E-state index contributed by atoms with van der Waals surface area (Å²) in [5.74, 6) is 0. The van der Waals surface area contributed by atoms with Crippen molar-refractivity contribution < 1.29 is 0 Å². The average molecular weight is 239 g/mol. The van der Waals surface area contributed by atoms with Gasteiger partial charge in [-0.25, -0.2) is 0 Å². The van der Waals surface area contributed by atoms with Crippen LogP contribution < -0.4 is 5.73 Å². The van der Waals surface area contributed by atoms with Gasteiger partial charge in [0.2, 0.25) is 0 Å². The van der Waals surface area contributed by atoms with E-state index >= 15 is 0 Å². The molecule has 3 nitrogen and oxygen atoms in total. The highest BCUT2D eigenvalue weighted by atomic mass is 15.3. The monoisotopic (exact) mass is 239 g/mol. The second-order valence-corrected chi connectivity index (χ2v) is 5.91. The number of rotatable bonds is 3. The van der Waals surface area contributed by atoms with Crippen LogP contribution in [0.1, 0.15) is 46.0 Å². The molecule has 2 fully saturated rings. The summed E-state index contributed by atoms with van der Waals surface area (Å²) in [5, 5.41) is 0. The van der Waals surface area contributed by atoms with Crippen LogP contribution in [0, 0.1) is 0 Å². The smallest absolute Gasteiger partial charge is 0.0113 e. The maximum absolute atomic E-state index is 6.09. The van der Waals surface area contributed by atoms with Crippen LogP contribution in [0.4, 0.5) is 0 Å². The SMILES string of the molecule is CCC(C)N1CCN(C2CCCC(N)C2)CC1. The van der Waals surface area contributed by atoms with Crippen LogP contribution >= 0.6 is 0 Å². The molecule has 0 amide bonds. The van der Waals surface area contributed by atoms with Crippen molar-refractivity contribution in [2.45, 2.75) is 64.1 Å². The molecule has 0 radical (unpaired) electrons. The number of nitrogens with two attached hydrogens (primary N) is 1. The van der Waals surface area contributed by atoms with Crippen molar-refractivity contribution in [1.29, 1.82) is 0 Å². The summed E-state index contributed by atoms with van der Waals surface area (Å²) < 4.78 is 0. The second kappa shape index (κ2) is 6.17. The largest absolute Gasteiger partial charge is 0.328 e. The minimum absolute atomic E-state index is 0.460. The summed E-state index contributed by atoms with van der Waals surface area (Å²) in [6.45, 7) is 9.65. The predicted molar refractivity (Wildman–Crippen MR) is 73.1 cm³/mol. The van der Waals surface area contributed by atoms with Crippen molar-refractivity contribution in [2.24, 2.45) is 5.73 Å². The molecule has 0 spiro atoms. The molecule has 0 aromatic rings. The molecular weight excluding hydrogens is 210 g/mol. The zero-order chi connectivity index (χ0) is 12.3. The first-order chi connectivity index (χ1) is 8.20. The van der Waals surface area contributed by atoms with Gasteiger partial charge in [-0.05, 0) is 32.6 Å². The fraction of sp³-hybridized carbons (Fsp3) is 1.00. The molecule has 3 heteroatoms. The molecule has 0 bridgehead atoms. The van der Waals surface area contributed by atoms with E-state index < -0.39 is 0 Å². The van der Waals surface area contributed by atoms with Crippen LogP contribution in [0.15, 0.2) is 0 Å². The first kappa shape index (κ1) is 13.3. The van der Waals surface area contributed by atoms with Gasteiger partial charge in [0.25, 0.3) is 0 Å². The summed E-state index contributed by atoms with van der Waals surface area (Å²) in [5.41, 5.74) is 6.09. The Morgan fingerprint density at radius 2 is 1.88 bits per heavy atom. The Kier molecular flexibility index (Phi) is 4.83. The number of hydrogen-bond acceptors (Lipinski definition) is 3. The van der Waals surface area contributed by atoms with Crippen molar-refractivity contribution in [2.75, 3.05) is 26.2 Å². The van der Waals surface area contributed by atoms with Crippen molar-refractivity contribution >= 4 is 0 Å². The third-order valence-electron chi connectivity index (χ3n) is 4.77. The summed E-state index contributed by atoms with van der Waals surface area (Å²) in [4.78, 5) is 5.33. The molecule has 1 saturated carbocycles. The van der Waals surface area contributed by atoms with Crippen LogP contribution in [0.5, 0.6) is 0 Å². The molecule has 17 heavy (non-hydrogen) atoms. The van der Waals surface area contributed by atoms with E-state index in [1.54, 1.807) is 0 Å². The molecule has 2 rings (SSSR count). The van der Waals surface area contributed by atoms with Gasteiger partial charge in [-0.15, -0.1) is 0 Å². The Balaban J connectivity index is 1.78. The fourth-order valence-electron chi connectivity index (χ4n) is 3.33.